The van der Waals surface area contributed by atoms with Crippen molar-refractivity contribution in [2.24, 2.45) is 5.92 Å². The lowest BCUT2D eigenvalue weighted by atomic mass is 10.1. The Morgan fingerprint density at radius 2 is 1.88 bits per heavy atom. The molecule has 2 atom stereocenters. The summed E-state index contributed by atoms with van der Waals surface area (Å²) in [5.41, 5.74) is 2.29. The zero-order valence-corrected chi connectivity index (χ0v) is 14.1. The molecule has 0 unspecified atom stereocenters. The van der Waals surface area contributed by atoms with E-state index in [4.69, 9.17) is 0 Å². The van der Waals surface area contributed by atoms with Crippen molar-refractivity contribution < 1.29 is 9.18 Å². The highest BCUT2D eigenvalue weighted by molar-refractivity contribution is 5.83. The van der Waals surface area contributed by atoms with Crippen molar-refractivity contribution in [3.63, 3.8) is 0 Å². The predicted octanol–water partition coefficient (Wildman–Crippen LogP) is 2.67. The minimum Gasteiger partial charge on any atom is -0.340 e. The lowest BCUT2D eigenvalue weighted by molar-refractivity contribution is -0.134. The first-order chi connectivity index (χ1) is 12.2. The van der Waals surface area contributed by atoms with Crippen molar-refractivity contribution in [3.8, 4) is 0 Å². The van der Waals surface area contributed by atoms with Gasteiger partial charge in [0.05, 0.1) is 0 Å². The van der Waals surface area contributed by atoms with Crippen molar-refractivity contribution in [1.29, 1.82) is 0 Å². The molecule has 0 bridgehead atoms. The van der Waals surface area contributed by atoms with Crippen molar-refractivity contribution in [2.45, 2.75) is 18.9 Å². The minimum absolute atomic E-state index is 0.0790. The molecule has 5 heteroatoms. The maximum absolute atomic E-state index is 13.0. The van der Waals surface area contributed by atoms with Crippen LogP contribution in [-0.2, 0) is 11.3 Å². The average molecular weight is 339 g/mol. The van der Waals surface area contributed by atoms with Gasteiger partial charge in [0.2, 0.25) is 5.91 Å². The Balaban J connectivity index is 1.28. The molecule has 1 saturated carbocycles. The van der Waals surface area contributed by atoms with Gasteiger partial charge in [0, 0.05) is 51.0 Å². The van der Waals surface area contributed by atoms with Crippen LogP contribution in [0.3, 0.4) is 0 Å². The number of pyridine rings is 1. The lowest BCUT2D eigenvalue weighted by Gasteiger charge is -2.35. The van der Waals surface area contributed by atoms with Crippen LogP contribution >= 0.6 is 0 Å². The number of amides is 1. The van der Waals surface area contributed by atoms with Gasteiger partial charge < -0.3 is 4.90 Å². The number of piperazine rings is 1. The molecule has 1 aliphatic carbocycles. The van der Waals surface area contributed by atoms with Gasteiger partial charge in [0.1, 0.15) is 5.82 Å². The van der Waals surface area contributed by atoms with Gasteiger partial charge in [-0.25, -0.2) is 4.39 Å². The smallest absolute Gasteiger partial charge is 0.226 e. The minimum atomic E-state index is -0.225. The molecule has 1 aliphatic heterocycles. The summed E-state index contributed by atoms with van der Waals surface area (Å²) in [5, 5.41) is 0. The Morgan fingerprint density at radius 3 is 2.56 bits per heavy atom. The number of carbonyl (C=O) groups is 1. The molecule has 0 radical (unpaired) electrons. The van der Waals surface area contributed by atoms with Gasteiger partial charge >= 0.3 is 0 Å². The summed E-state index contributed by atoms with van der Waals surface area (Å²) in [5.74, 6) is 0.379. The van der Waals surface area contributed by atoms with Crippen LogP contribution in [0.25, 0.3) is 0 Å². The zero-order valence-electron chi connectivity index (χ0n) is 14.1. The summed E-state index contributed by atoms with van der Waals surface area (Å²) in [6.45, 7) is 4.25. The lowest BCUT2D eigenvalue weighted by Crippen LogP contribution is -2.48. The molecule has 1 amide bonds. The monoisotopic (exact) mass is 339 g/mol. The van der Waals surface area contributed by atoms with E-state index in [1.807, 2.05) is 17.2 Å². The molecule has 1 saturated heterocycles. The Labute approximate surface area is 147 Å². The van der Waals surface area contributed by atoms with Gasteiger partial charge in [-0.1, -0.05) is 18.2 Å². The number of halogens is 1. The molecule has 2 fully saturated rings. The maximum Gasteiger partial charge on any atom is 0.226 e. The molecule has 0 spiro atoms. The highest BCUT2D eigenvalue weighted by Gasteiger charge is 2.46. The Bertz CT molecular complexity index is 726. The summed E-state index contributed by atoms with van der Waals surface area (Å²) < 4.78 is 13.0. The highest BCUT2D eigenvalue weighted by atomic mass is 19.1. The number of hydrogen-bond acceptors (Lipinski definition) is 3. The van der Waals surface area contributed by atoms with Gasteiger partial charge in [-0.3, -0.25) is 14.7 Å². The topological polar surface area (TPSA) is 36.4 Å². The third-order valence-corrected chi connectivity index (χ3v) is 5.22. The van der Waals surface area contributed by atoms with E-state index >= 15 is 0 Å². The van der Waals surface area contributed by atoms with Crippen LogP contribution in [0, 0.1) is 11.7 Å². The van der Waals surface area contributed by atoms with E-state index in [0.717, 1.165) is 44.7 Å². The van der Waals surface area contributed by atoms with Gasteiger partial charge in [0.15, 0.2) is 0 Å². The molecular weight excluding hydrogens is 317 g/mol. The van der Waals surface area contributed by atoms with E-state index < -0.39 is 0 Å². The van der Waals surface area contributed by atoms with Crippen LogP contribution in [0.15, 0.2) is 48.8 Å². The molecule has 2 aromatic rings. The van der Waals surface area contributed by atoms with Gasteiger partial charge in [0.25, 0.3) is 0 Å². The number of benzene rings is 1. The van der Waals surface area contributed by atoms with Crippen LogP contribution in [0.1, 0.15) is 23.5 Å². The summed E-state index contributed by atoms with van der Waals surface area (Å²) in [6.07, 6.45) is 4.57. The van der Waals surface area contributed by atoms with E-state index in [-0.39, 0.29) is 23.6 Å². The van der Waals surface area contributed by atoms with Gasteiger partial charge in [-0.15, -0.1) is 0 Å². The molecule has 1 aromatic carbocycles. The molecule has 2 aliphatic rings. The normalized spacial score (nSPS) is 23.5. The molecule has 4 rings (SSSR count). The van der Waals surface area contributed by atoms with E-state index in [2.05, 4.69) is 16.0 Å². The summed E-state index contributed by atoms with van der Waals surface area (Å²) in [6, 6.07) is 10.6. The molecular formula is C20H22FN3O. The van der Waals surface area contributed by atoms with E-state index in [1.54, 1.807) is 18.3 Å². The third-order valence-electron chi connectivity index (χ3n) is 5.22. The van der Waals surface area contributed by atoms with E-state index in [0.29, 0.717) is 0 Å². The first-order valence-corrected chi connectivity index (χ1v) is 8.86. The van der Waals surface area contributed by atoms with Crippen LogP contribution < -0.4 is 0 Å². The van der Waals surface area contributed by atoms with E-state index in [1.165, 1.54) is 17.7 Å². The van der Waals surface area contributed by atoms with E-state index in [9.17, 15) is 9.18 Å². The second-order valence-corrected chi connectivity index (χ2v) is 6.96. The molecule has 25 heavy (non-hydrogen) atoms. The second kappa shape index (κ2) is 6.92. The standard InChI is InChI=1S/C20H22FN3O/c21-17-5-3-16(4-6-17)18-12-19(18)20(25)24-10-8-23(9-11-24)14-15-2-1-7-22-13-15/h1-7,13,18-19H,8-12,14H2/t18-,19+/m1/s1. The maximum atomic E-state index is 13.0. The molecule has 130 valence electrons. The zero-order chi connectivity index (χ0) is 17.2. The van der Waals surface area contributed by atoms with Crippen LogP contribution in [0.4, 0.5) is 4.39 Å². The quantitative estimate of drug-likeness (QED) is 0.859. The number of aromatic nitrogens is 1. The second-order valence-electron chi connectivity index (χ2n) is 6.96. The fraction of sp³-hybridized carbons (Fsp3) is 0.400. The Morgan fingerprint density at radius 1 is 1.12 bits per heavy atom. The van der Waals surface area contributed by atoms with Crippen LogP contribution in [-0.4, -0.2) is 46.9 Å². The predicted molar refractivity (Wildman–Crippen MR) is 93.3 cm³/mol. The molecule has 2 heterocycles. The molecule has 1 aromatic heterocycles. The first kappa shape index (κ1) is 16.2. The van der Waals surface area contributed by atoms with Crippen LogP contribution in [0.2, 0.25) is 0 Å². The Kier molecular flexibility index (Phi) is 4.49. The van der Waals surface area contributed by atoms with Crippen LogP contribution in [0.5, 0.6) is 0 Å². The molecule has 4 nitrogen and oxygen atoms in total. The van der Waals surface area contributed by atoms with Crippen molar-refractivity contribution >= 4 is 5.91 Å². The summed E-state index contributed by atoms with van der Waals surface area (Å²) in [7, 11) is 0. The molecule has 0 N–H and O–H groups in total. The number of carbonyl (C=O) groups excluding carboxylic acids is 1. The fourth-order valence-electron chi connectivity index (χ4n) is 3.66. The largest absolute Gasteiger partial charge is 0.340 e. The van der Waals surface area contributed by atoms with Crippen molar-refractivity contribution in [1.82, 2.24) is 14.8 Å². The number of hydrogen-bond donors (Lipinski definition) is 0. The average Bonchev–Trinajstić information content (AvgIpc) is 3.44. The van der Waals surface area contributed by atoms with Crippen molar-refractivity contribution in [2.75, 3.05) is 26.2 Å². The fourth-order valence-corrected chi connectivity index (χ4v) is 3.66. The third kappa shape index (κ3) is 3.71. The summed E-state index contributed by atoms with van der Waals surface area (Å²) in [4.78, 5) is 21.2. The summed E-state index contributed by atoms with van der Waals surface area (Å²) >= 11 is 0. The Hall–Kier alpha value is -2.27. The van der Waals surface area contributed by atoms with Gasteiger partial charge in [-0.05, 0) is 41.7 Å². The van der Waals surface area contributed by atoms with Crippen molar-refractivity contribution in [3.05, 3.63) is 65.7 Å². The number of rotatable bonds is 4. The van der Waals surface area contributed by atoms with Gasteiger partial charge in [-0.2, -0.15) is 0 Å². The SMILES string of the molecule is O=C([C@H]1C[C@@H]1c1ccc(F)cc1)N1CCN(Cc2cccnc2)CC1. The number of nitrogens with zero attached hydrogens (tertiary/aromatic N) is 3. The highest BCUT2D eigenvalue weighted by Crippen LogP contribution is 2.48. The first-order valence-electron chi connectivity index (χ1n) is 8.86.